The number of hydrogen-bond acceptors (Lipinski definition) is 4. The third-order valence-corrected chi connectivity index (χ3v) is 4.41. The Hall–Kier alpha value is -2.44. The Bertz CT molecular complexity index is 606. The second-order valence-electron chi connectivity index (χ2n) is 6.61. The number of rotatable bonds is 6. The predicted octanol–water partition coefficient (Wildman–Crippen LogP) is 1.30. The number of carbonyl (C=O) groups is 2. The van der Waals surface area contributed by atoms with Crippen LogP contribution in [0.4, 0.5) is 10.5 Å². The zero-order valence-corrected chi connectivity index (χ0v) is 15.4. The molecule has 0 saturated carbocycles. The van der Waals surface area contributed by atoms with Crippen LogP contribution < -0.4 is 20.3 Å². The summed E-state index contributed by atoms with van der Waals surface area (Å²) in [4.78, 5) is 27.5. The predicted molar refractivity (Wildman–Crippen MR) is 98.0 cm³/mol. The fourth-order valence-electron chi connectivity index (χ4n) is 2.97. The van der Waals surface area contributed by atoms with Gasteiger partial charge in [0, 0.05) is 45.5 Å². The molecule has 1 aliphatic heterocycles. The quantitative estimate of drug-likeness (QED) is 0.813. The van der Waals surface area contributed by atoms with E-state index < -0.39 is 6.04 Å². The highest BCUT2D eigenvalue weighted by molar-refractivity contribution is 5.86. The van der Waals surface area contributed by atoms with Crippen molar-refractivity contribution in [3.8, 4) is 5.75 Å². The number of benzene rings is 1. The van der Waals surface area contributed by atoms with E-state index in [0.29, 0.717) is 12.5 Å². The fourth-order valence-corrected chi connectivity index (χ4v) is 2.97. The van der Waals surface area contributed by atoms with E-state index in [2.05, 4.69) is 21.6 Å². The smallest absolute Gasteiger partial charge is 0.315 e. The van der Waals surface area contributed by atoms with Crippen molar-refractivity contribution in [1.29, 1.82) is 0 Å². The maximum absolute atomic E-state index is 11.9. The van der Waals surface area contributed by atoms with Crippen LogP contribution in [0.2, 0.25) is 0 Å². The van der Waals surface area contributed by atoms with E-state index in [0.717, 1.165) is 30.9 Å². The van der Waals surface area contributed by atoms with E-state index in [1.165, 1.54) is 4.90 Å². The summed E-state index contributed by atoms with van der Waals surface area (Å²) >= 11 is 0. The molecule has 1 saturated heterocycles. The zero-order chi connectivity index (χ0) is 18.4. The third-order valence-electron chi connectivity index (χ3n) is 4.41. The number of anilines is 1. The van der Waals surface area contributed by atoms with Gasteiger partial charge in [-0.25, -0.2) is 4.79 Å². The number of carbonyl (C=O) groups excluding carboxylic acids is 2. The monoisotopic (exact) mass is 348 g/mol. The van der Waals surface area contributed by atoms with Crippen molar-refractivity contribution >= 4 is 17.6 Å². The molecule has 0 aromatic heterocycles. The van der Waals surface area contributed by atoms with Crippen molar-refractivity contribution in [3.63, 3.8) is 0 Å². The minimum Gasteiger partial charge on any atom is -0.497 e. The van der Waals surface area contributed by atoms with Gasteiger partial charge in [-0.1, -0.05) is 6.07 Å². The summed E-state index contributed by atoms with van der Waals surface area (Å²) < 4.78 is 5.27. The fraction of sp³-hybridized carbons (Fsp3) is 0.556. The largest absolute Gasteiger partial charge is 0.497 e. The Labute approximate surface area is 149 Å². The van der Waals surface area contributed by atoms with Crippen LogP contribution in [0.25, 0.3) is 0 Å². The highest BCUT2D eigenvalue weighted by Gasteiger charge is 2.24. The lowest BCUT2D eigenvalue weighted by Gasteiger charge is -2.20. The summed E-state index contributed by atoms with van der Waals surface area (Å²) in [5, 5.41) is 5.54. The molecule has 1 aromatic rings. The van der Waals surface area contributed by atoms with Crippen LogP contribution in [0.5, 0.6) is 5.75 Å². The summed E-state index contributed by atoms with van der Waals surface area (Å²) in [6.07, 6.45) is 1.02. The van der Waals surface area contributed by atoms with Crippen LogP contribution in [-0.4, -0.2) is 63.7 Å². The van der Waals surface area contributed by atoms with E-state index in [1.54, 1.807) is 28.1 Å². The number of methoxy groups -OCH3 is 1. The van der Waals surface area contributed by atoms with Crippen LogP contribution in [0.3, 0.4) is 0 Å². The first-order valence-electron chi connectivity index (χ1n) is 8.55. The van der Waals surface area contributed by atoms with Gasteiger partial charge >= 0.3 is 6.03 Å². The molecule has 138 valence electrons. The Morgan fingerprint density at radius 1 is 1.40 bits per heavy atom. The number of nitrogens with one attached hydrogen (secondary N) is 2. The Morgan fingerprint density at radius 2 is 2.16 bits per heavy atom. The molecule has 0 bridgehead atoms. The standard InChI is InChI=1S/C18H28N4O3/c1-13(17(23)21(2)3)20-18(24)19-11-14-8-9-22(12-14)15-6-5-7-16(10-15)25-4/h5-7,10,13-14H,8-9,11-12H2,1-4H3,(H2,19,20,24)/t13-,14+/m0/s1. The van der Waals surface area contributed by atoms with Crippen molar-refractivity contribution in [1.82, 2.24) is 15.5 Å². The SMILES string of the molecule is COc1cccc(N2CC[C@H](CNC(=O)N[C@@H](C)C(=O)N(C)C)C2)c1. The zero-order valence-electron chi connectivity index (χ0n) is 15.4. The van der Waals surface area contributed by atoms with Crippen LogP contribution >= 0.6 is 0 Å². The summed E-state index contributed by atoms with van der Waals surface area (Å²) in [6, 6.07) is 7.17. The van der Waals surface area contributed by atoms with Crippen LogP contribution in [0.15, 0.2) is 24.3 Å². The number of hydrogen-bond donors (Lipinski definition) is 2. The molecule has 0 spiro atoms. The first kappa shape index (κ1) is 18.9. The van der Waals surface area contributed by atoms with Gasteiger partial charge in [-0.3, -0.25) is 4.79 Å². The van der Waals surface area contributed by atoms with Crippen LogP contribution in [0, 0.1) is 5.92 Å². The maximum Gasteiger partial charge on any atom is 0.315 e. The molecule has 2 N–H and O–H groups in total. The minimum atomic E-state index is -0.535. The van der Waals surface area contributed by atoms with Gasteiger partial charge in [0.15, 0.2) is 0 Å². The second kappa shape index (κ2) is 8.60. The number of ether oxygens (including phenoxy) is 1. The Kier molecular flexibility index (Phi) is 6.50. The van der Waals surface area contributed by atoms with Gasteiger partial charge in [0.05, 0.1) is 7.11 Å². The molecule has 1 fully saturated rings. The van der Waals surface area contributed by atoms with Crippen molar-refractivity contribution in [2.24, 2.45) is 5.92 Å². The summed E-state index contributed by atoms with van der Waals surface area (Å²) in [5.41, 5.74) is 1.14. The van der Waals surface area contributed by atoms with Gasteiger partial charge in [0.2, 0.25) is 5.91 Å². The molecule has 0 aliphatic carbocycles. The summed E-state index contributed by atoms with van der Waals surface area (Å²) in [7, 11) is 5.00. The Morgan fingerprint density at radius 3 is 2.84 bits per heavy atom. The Balaban J connectivity index is 1.77. The molecular weight excluding hydrogens is 320 g/mol. The third kappa shape index (κ3) is 5.27. The van der Waals surface area contributed by atoms with Crippen molar-refractivity contribution in [3.05, 3.63) is 24.3 Å². The van der Waals surface area contributed by atoms with Gasteiger partial charge in [-0.15, -0.1) is 0 Å². The molecule has 1 heterocycles. The lowest BCUT2D eigenvalue weighted by molar-refractivity contribution is -0.130. The summed E-state index contributed by atoms with van der Waals surface area (Å²) in [5.74, 6) is 1.11. The molecule has 0 unspecified atom stereocenters. The maximum atomic E-state index is 11.9. The average Bonchev–Trinajstić information content (AvgIpc) is 3.08. The molecular formula is C18H28N4O3. The highest BCUT2D eigenvalue weighted by Crippen LogP contribution is 2.26. The highest BCUT2D eigenvalue weighted by atomic mass is 16.5. The molecule has 7 heteroatoms. The van der Waals surface area contributed by atoms with Crippen LogP contribution in [0.1, 0.15) is 13.3 Å². The molecule has 7 nitrogen and oxygen atoms in total. The van der Waals surface area contributed by atoms with E-state index in [1.807, 2.05) is 18.2 Å². The van der Waals surface area contributed by atoms with Gasteiger partial charge < -0.3 is 25.2 Å². The molecule has 1 aliphatic rings. The van der Waals surface area contributed by atoms with Gasteiger partial charge in [0.1, 0.15) is 11.8 Å². The lowest BCUT2D eigenvalue weighted by atomic mass is 10.1. The van der Waals surface area contributed by atoms with Crippen molar-refractivity contribution in [2.45, 2.75) is 19.4 Å². The van der Waals surface area contributed by atoms with Crippen LogP contribution in [-0.2, 0) is 4.79 Å². The molecule has 3 amide bonds. The molecule has 1 aromatic carbocycles. The number of likely N-dealkylation sites (N-methyl/N-ethyl adjacent to an activating group) is 1. The van der Waals surface area contributed by atoms with E-state index >= 15 is 0 Å². The number of amides is 3. The molecule has 2 rings (SSSR count). The van der Waals surface area contributed by atoms with Gasteiger partial charge in [0.25, 0.3) is 0 Å². The normalized spacial score (nSPS) is 17.8. The van der Waals surface area contributed by atoms with E-state index in [9.17, 15) is 9.59 Å². The summed E-state index contributed by atoms with van der Waals surface area (Å²) in [6.45, 7) is 4.12. The van der Waals surface area contributed by atoms with E-state index in [4.69, 9.17) is 4.74 Å². The minimum absolute atomic E-state index is 0.125. The molecule has 0 radical (unpaired) electrons. The van der Waals surface area contributed by atoms with E-state index in [-0.39, 0.29) is 11.9 Å². The van der Waals surface area contributed by atoms with Gasteiger partial charge in [-0.05, 0) is 31.4 Å². The number of urea groups is 1. The number of nitrogens with zero attached hydrogens (tertiary/aromatic N) is 2. The topological polar surface area (TPSA) is 73.9 Å². The van der Waals surface area contributed by atoms with Gasteiger partial charge in [-0.2, -0.15) is 0 Å². The first-order chi connectivity index (χ1) is 11.9. The second-order valence-corrected chi connectivity index (χ2v) is 6.61. The molecule has 25 heavy (non-hydrogen) atoms. The average molecular weight is 348 g/mol. The first-order valence-corrected chi connectivity index (χ1v) is 8.55. The lowest BCUT2D eigenvalue weighted by Crippen LogP contribution is -2.48. The van der Waals surface area contributed by atoms with Crippen molar-refractivity contribution in [2.75, 3.05) is 45.7 Å². The molecule has 2 atom stereocenters. The van der Waals surface area contributed by atoms with Crippen molar-refractivity contribution < 1.29 is 14.3 Å².